The molecule has 5 heteroatoms. The van der Waals surface area contributed by atoms with Gasteiger partial charge in [0.1, 0.15) is 5.75 Å². The van der Waals surface area contributed by atoms with E-state index >= 15 is 0 Å². The van der Waals surface area contributed by atoms with Crippen LogP contribution in [0, 0.1) is 17.3 Å². The zero-order valence-electron chi connectivity index (χ0n) is 19.2. The SMILES string of the molecule is COc1ccc(CONC2=CC[C@H]3[C@@H]4CCc5cc(O)c(OC)cc5[C@H]4CC[C@]23C)cc1. The summed E-state index contributed by atoms with van der Waals surface area (Å²) < 4.78 is 10.6. The molecule has 170 valence electrons. The Morgan fingerprint density at radius 2 is 1.91 bits per heavy atom. The van der Waals surface area contributed by atoms with Crippen molar-refractivity contribution in [1.82, 2.24) is 5.48 Å². The second kappa shape index (κ2) is 8.36. The summed E-state index contributed by atoms with van der Waals surface area (Å²) in [7, 11) is 3.31. The number of hydrogen-bond acceptors (Lipinski definition) is 5. The first-order valence-corrected chi connectivity index (χ1v) is 11.6. The van der Waals surface area contributed by atoms with Crippen LogP contribution in [0.3, 0.4) is 0 Å². The molecule has 0 aliphatic heterocycles. The van der Waals surface area contributed by atoms with Crippen LogP contribution in [0.15, 0.2) is 48.2 Å². The second-order valence-corrected chi connectivity index (χ2v) is 9.69. The maximum atomic E-state index is 10.2. The van der Waals surface area contributed by atoms with Crippen LogP contribution in [0.5, 0.6) is 17.2 Å². The lowest BCUT2D eigenvalue weighted by Crippen LogP contribution is -2.43. The van der Waals surface area contributed by atoms with Crippen molar-refractivity contribution < 1.29 is 19.4 Å². The predicted molar refractivity (Wildman–Crippen MR) is 124 cm³/mol. The van der Waals surface area contributed by atoms with Gasteiger partial charge in [0.15, 0.2) is 11.5 Å². The van der Waals surface area contributed by atoms with E-state index < -0.39 is 0 Å². The van der Waals surface area contributed by atoms with Crippen molar-refractivity contribution in [3.8, 4) is 17.2 Å². The number of hydrogen-bond donors (Lipinski definition) is 2. The highest BCUT2D eigenvalue weighted by molar-refractivity contribution is 5.49. The molecule has 0 radical (unpaired) electrons. The topological polar surface area (TPSA) is 60.0 Å². The Hall–Kier alpha value is -2.66. The quantitative estimate of drug-likeness (QED) is 0.589. The Labute approximate surface area is 190 Å². The molecule has 2 N–H and O–H groups in total. The first kappa shape index (κ1) is 21.2. The minimum atomic E-state index is 0.125. The van der Waals surface area contributed by atoms with Gasteiger partial charge in [0.05, 0.1) is 20.8 Å². The van der Waals surface area contributed by atoms with Gasteiger partial charge in [-0.05, 0) is 90.8 Å². The summed E-state index contributed by atoms with van der Waals surface area (Å²) in [6, 6.07) is 12.0. The fourth-order valence-electron chi connectivity index (χ4n) is 6.40. The fourth-order valence-corrected chi connectivity index (χ4v) is 6.40. The number of benzene rings is 2. The first-order valence-electron chi connectivity index (χ1n) is 11.6. The molecule has 0 heterocycles. The molecule has 2 aromatic carbocycles. The van der Waals surface area contributed by atoms with E-state index in [1.165, 1.54) is 23.2 Å². The molecule has 5 rings (SSSR count). The molecular weight excluding hydrogens is 402 g/mol. The maximum absolute atomic E-state index is 10.2. The third-order valence-corrected chi connectivity index (χ3v) is 8.19. The number of nitrogens with one attached hydrogen (secondary N) is 1. The highest BCUT2D eigenvalue weighted by Gasteiger charge is 2.52. The van der Waals surface area contributed by atoms with E-state index in [4.69, 9.17) is 14.3 Å². The number of fused-ring (bicyclic) bond motifs is 5. The molecule has 0 saturated heterocycles. The highest BCUT2D eigenvalue weighted by atomic mass is 16.6. The average molecular weight is 436 g/mol. The summed E-state index contributed by atoms with van der Waals surface area (Å²) in [5.74, 6) is 3.51. The molecule has 0 unspecified atom stereocenters. The van der Waals surface area contributed by atoms with Crippen LogP contribution < -0.4 is 15.0 Å². The van der Waals surface area contributed by atoms with Gasteiger partial charge < -0.3 is 14.6 Å². The Morgan fingerprint density at radius 1 is 1.09 bits per heavy atom. The maximum Gasteiger partial charge on any atom is 0.160 e. The smallest absolute Gasteiger partial charge is 0.160 e. The normalized spacial score (nSPS) is 28.2. The van der Waals surface area contributed by atoms with Gasteiger partial charge in [-0.3, -0.25) is 10.3 Å². The van der Waals surface area contributed by atoms with Crippen molar-refractivity contribution in [3.05, 3.63) is 64.9 Å². The number of aromatic hydroxyl groups is 1. The Bertz CT molecular complexity index is 1020. The molecule has 4 atom stereocenters. The van der Waals surface area contributed by atoms with E-state index in [0.717, 1.165) is 37.0 Å². The third-order valence-electron chi connectivity index (χ3n) is 8.19. The lowest BCUT2D eigenvalue weighted by Gasteiger charge is -2.50. The molecule has 2 aromatic rings. The van der Waals surface area contributed by atoms with Crippen LogP contribution >= 0.6 is 0 Å². The summed E-state index contributed by atoms with van der Waals surface area (Å²) in [4.78, 5) is 5.92. The number of phenolic OH excluding ortho intramolecular Hbond substituents is 1. The van der Waals surface area contributed by atoms with Gasteiger partial charge in [-0.1, -0.05) is 25.1 Å². The second-order valence-electron chi connectivity index (χ2n) is 9.69. The van der Waals surface area contributed by atoms with Gasteiger partial charge in [-0.2, -0.15) is 0 Å². The third kappa shape index (κ3) is 3.53. The van der Waals surface area contributed by atoms with Crippen molar-refractivity contribution in [2.24, 2.45) is 17.3 Å². The molecule has 5 nitrogen and oxygen atoms in total. The summed E-state index contributed by atoms with van der Waals surface area (Å²) in [5, 5.41) is 10.2. The lowest BCUT2D eigenvalue weighted by molar-refractivity contribution is 0.00757. The van der Waals surface area contributed by atoms with E-state index in [0.29, 0.717) is 30.1 Å². The van der Waals surface area contributed by atoms with E-state index in [1.54, 1.807) is 14.2 Å². The molecule has 32 heavy (non-hydrogen) atoms. The van der Waals surface area contributed by atoms with Gasteiger partial charge in [0, 0.05) is 11.1 Å². The van der Waals surface area contributed by atoms with Crippen LogP contribution in [0.2, 0.25) is 0 Å². The molecule has 1 saturated carbocycles. The highest BCUT2D eigenvalue weighted by Crippen LogP contribution is 2.61. The summed E-state index contributed by atoms with van der Waals surface area (Å²) >= 11 is 0. The largest absolute Gasteiger partial charge is 0.504 e. The molecule has 3 aliphatic carbocycles. The number of rotatable bonds is 6. The molecule has 0 bridgehead atoms. The average Bonchev–Trinajstić information content (AvgIpc) is 3.15. The number of allylic oxidation sites excluding steroid dienone is 2. The summed E-state index contributed by atoms with van der Waals surface area (Å²) in [6.45, 7) is 2.92. The molecule has 0 amide bonds. The van der Waals surface area contributed by atoms with Crippen molar-refractivity contribution in [1.29, 1.82) is 0 Å². The number of phenols is 1. The minimum absolute atomic E-state index is 0.125. The summed E-state index contributed by atoms with van der Waals surface area (Å²) in [6.07, 6.45) is 7.93. The number of hydroxylamine groups is 1. The number of methoxy groups -OCH3 is 2. The van der Waals surface area contributed by atoms with Gasteiger partial charge >= 0.3 is 0 Å². The monoisotopic (exact) mass is 435 g/mol. The zero-order chi connectivity index (χ0) is 22.3. The Kier molecular flexibility index (Phi) is 5.54. The number of aryl methyl sites for hydroxylation is 1. The van der Waals surface area contributed by atoms with Crippen LogP contribution in [-0.2, 0) is 17.9 Å². The molecule has 1 fully saturated rings. The van der Waals surface area contributed by atoms with Crippen molar-refractivity contribution in [2.75, 3.05) is 14.2 Å². The zero-order valence-corrected chi connectivity index (χ0v) is 19.2. The summed E-state index contributed by atoms with van der Waals surface area (Å²) in [5.41, 5.74) is 8.47. The van der Waals surface area contributed by atoms with Crippen molar-refractivity contribution in [2.45, 2.75) is 51.6 Å². The van der Waals surface area contributed by atoms with Crippen LogP contribution in [0.25, 0.3) is 0 Å². The Morgan fingerprint density at radius 3 is 2.66 bits per heavy atom. The van der Waals surface area contributed by atoms with E-state index in [-0.39, 0.29) is 11.2 Å². The van der Waals surface area contributed by atoms with Gasteiger partial charge in [-0.25, -0.2) is 0 Å². The minimum Gasteiger partial charge on any atom is -0.504 e. The van der Waals surface area contributed by atoms with E-state index in [2.05, 4.69) is 24.5 Å². The molecule has 0 spiro atoms. The van der Waals surface area contributed by atoms with Crippen LogP contribution in [-0.4, -0.2) is 19.3 Å². The standard InChI is InChI=1S/C27H33NO4/c1-27-13-12-20-21(9-6-18-14-24(29)25(31-3)15-22(18)20)23(27)10-11-26(27)28-32-16-17-4-7-19(30-2)8-5-17/h4-5,7-8,11,14-15,20-21,23,28-29H,6,9-10,12-13,16H2,1-3H3/t20-,21+,23-,27-/m0/s1. The first-order chi connectivity index (χ1) is 15.5. The van der Waals surface area contributed by atoms with Gasteiger partial charge in [0.2, 0.25) is 0 Å². The van der Waals surface area contributed by atoms with Gasteiger partial charge in [0.25, 0.3) is 0 Å². The van der Waals surface area contributed by atoms with E-state index in [9.17, 15) is 5.11 Å². The van der Waals surface area contributed by atoms with Crippen LogP contribution in [0.4, 0.5) is 0 Å². The molecular formula is C27H33NO4. The predicted octanol–water partition coefficient (Wildman–Crippen LogP) is 5.48. The molecule has 3 aliphatic rings. The van der Waals surface area contributed by atoms with E-state index in [1.807, 2.05) is 30.3 Å². The van der Waals surface area contributed by atoms with Crippen molar-refractivity contribution >= 4 is 0 Å². The number of ether oxygens (including phenoxy) is 2. The fraction of sp³-hybridized carbons (Fsp3) is 0.481. The van der Waals surface area contributed by atoms with Crippen LogP contribution in [0.1, 0.15) is 55.2 Å². The lowest BCUT2D eigenvalue weighted by atomic mass is 9.55. The Balaban J connectivity index is 1.27. The van der Waals surface area contributed by atoms with Gasteiger partial charge in [-0.15, -0.1) is 0 Å². The molecule has 0 aromatic heterocycles. The van der Waals surface area contributed by atoms with Crippen molar-refractivity contribution in [3.63, 3.8) is 0 Å².